The van der Waals surface area contributed by atoms with E-state index < -0.39 is 0 Å². The van der Waals surface area contributed by atoms with Crippen molar-refractivity contribution in [2.24, 2.45) is 0 Å². The highest BCUT2D eigenvalue weighted by molar-refractivity contribution is 7.99. The van der Waals surface area contributed by atoms with E-state index in [2.05, 4.69) is 0 Å². The fraction of sp³-hybridized carbons (Fsp3) is 0.111. The molecule has 0 unspecified atom stereocenters. The summed E-state index contributed by atoms with van der Waals surface area (Å²) in [4.78, 5) is 1.20. The molecule has 3 heteroatoms. The lowest BCUT2D eigenvalue weighted by molar-refractivity contribution is 1.46. The van der Waals surface area contributed by atoms with E-state index in [0.29, 0.717) is 0 Å². The van der Waals surface area contributed by atoms with Crippen molar-refractivity contribution in [2.45, 2.75) is 4.90 Å². The molecule has 1 aromatic rings. The molecule has 0 bridgehead atoms. The molecular weight excluding hydrogens is 211 g/mol. The maximum atomic E-state index is 5.73. The second-order valence-corrected chi connectivity index (χ2v) is 3.91. The number of thioether (sulfide) groups is 1. The summed E-state index contributed by atoms with van der Waals surface area (Å²) >= 11 is 12.8. The Morgan fingerprint density at radius 2 is 1.92 bits per heavy atom. The van der Waals surface area contributed by atoms with Crippen molar-refractivity contribution in [3.8, 4) is 0 Å². The molecule has 0 N–H and O–H groups in total. The number of rotatable bonds is 3. The lowest BCUT2D eigenvalue weighted by atomic mass is 10.4. The van der Waals surface area contributed by atoms with Gasteiger partial charge in [0.05, 0.1) is 0 Å². The molecule has 0 saturated heterocycles. The SMILES string of the molecule is Cl/C=C/CSc1ccc(Cl)cc1. The topological polar surface area (TPSA) is 0 Å². The predicted molar refractivity (Wildman–Crippen MR) is 57.2 cm³/mol. The lowest BCUT2D eigenvalue weighted by Gasteiger charge is -1.96. The highest BCUT2D eigenvalue weighted by Gasteiger charge is 1.90. The van der Waals surface area contributed by atoms with Crippen LogP contribution in [0.2, 0.25) is 5.02 Å². The average molecular weight is 219 g/mol. The third kappa shape index (κ3) is 3.53. The van der Waals surface area contributed by atoms with Gasteiger partial charge >= 0.3 is 0 Å². The Hall–Kier alpha value is -0.110. The molecule has 0 atom stereocenters. The van der Waals surface area contributed by atoms with E-state index in [4.69, 9.17) is 23.2 Å². The minimum atomic E-state index is 0.771. The van der Waals surface area contributed by atoms with Crippen LogP contribution in [0.4, 0.5) is 0 Å². The first-order chi connectivity index (χ1) is 5.83. The van der Waals surface area contributed by atoms with Crippen LogP contribution in [0.3, 0.4) is 0 Å². The molecule has 12 heavy (non-hydrogen) atoms. The van der Waals surface area contributed by atoms with Gasteiger partial charge in [0.15, 0.2) is 0 Å². The fourth-order valence-corrected chi connectivity index (χ4v) is 1.75. The molecule has 64 valence electrons. The summed E-state index contributed by atoms with van der Waals surface area (Å²) in [6.45, 7) is 0. The van der Waals surface area contributed by atoms with E-state index in [9.17, 15) is 0 Å². The molecule has 0 fully saturated rings. The van der Waals surface area contributed by atoms with Crippen molar-refractivity contribution in [1.82, 2.24) is 0 Å². The standard InChI is InChI=1S/C9H8Cl2S/c10-6-1-7-12-9-4-2-8(11)3-5-9/h1-6H,7H2/b6-1+. The molecule has 0 nitrogen and oxygen atoms in total. The molecule has 0 aliphatic heterocycles. The first-order valence-electron chi connectivity index (χ1n) is 3.46. The lowest BCUT2D eigenvalue weighted by Crippen LogP contribution is -1.72. The highest BCUT2D eigenvalue weighted by atomic mass is 35.5. The third-order valence-corrected chi connectivity index (χ3v) is 2.64. The summed E-state index contributed by atoms with van der Waals surface area (Å²) in [5.41, 5.74) is 1.53. The second-order valence-electron chi connectivity index (χ2n) is 2.13. The van der Waals surface area contributed by atoms with Crippen LogP contribution < -0.4 is 0 Å². The molecule has 0 saturated carbocycles. The number of hydrogen-bond acceptors (Lipinski definition) is 1. The van der Waals surface area contributed by atoms with Crippen molar-refractivity contribution < 1.29 is 0 Å². The zero-order chi connectivity index (χ0) is 8.81. The maximum absolute atomic E-state index is 5.73. The molecule has 0 radical (unpaired) electrons. The molecule has 0 aromatic heterocycles. The number of halogens is 2. The van der Waals surface area contributed by atoms with Crippen molar-refractivity contribution in [2.75, 3.05) is 5.75 Å². The van der Waals surface area contributed by atoms with E-state index in [0.717, 1.165) is 10.8 Å². The van der Waals surface area contributed by atoms with Crippen LogP contribution >= 0.6 is 35.0 Å². The normalized spacial score (nSPS) is 10.8. The van der Waals surface area contributed by atoms with Gasteiger partial charge in [-0.15, -0.1) is 11.8 Å². The summed E-state index contributed by atoms with van der Waals surface area (Å²) in [5, 5.41) is 0.771. The van der Waals surface area contributed by atoms with E-state index in [1.807, 2.05) is 30.3 Å². The highest BCUT2D eigenvalue weighted by Crippen LogP contribution is 2.20. The Bertz CT molecular complexity index is 254. The second kappa shape index (κ2) is 5.52. The van der Waals surface area contributed by atoms with Crippen molar-refractivity contribution >= 4 is 35.0 Å². The van der Waals surface area contributed by atoms with Crippen molar-refractivity contribution in [3.05, 3.63) is 40.9 Å². The fourth-order valence-electron chi connectivity index (χ4n) is 0.712. The van der Waals surface area contributed by atoms with Gasteiger partial charge < -0.3 is 0 Å². The van der Waals surface area contributed by atoms with Crippen molar-refractivity contribution in [3.63, 3.8) is 0 Å². The molecular formula is C9H8Cl2S. The minimum absolute atomic E-state index is 0.771. The van der Waals surface area contributed by atoms with Gasteiger partial charge in [-0.05, 0) is 24.3 Å². The number of hydrogen-bond donors (Lipinski definition) is 0. The summed E-state index contributed by atoms with van der Waals surface area (Å²) < 4.78 is 0. The summed E-state index contributed by atoms with van der Waals surface area (Å²) in [6.07, 6.45) is 1.90. The van der Waals surface area contributed by atoms with Crippen molar-refractivity contribution in [1.29, 1.82) is 0 Å². The van der Waals surface area contributed by atoms with Gasteiger partial charge in [0, 0.05) is 21.2 Å². The first-order valence-corrected chi connectivity index (χ1v) is 5.26. The van der Waals surface area contributed by atoms with Crippen LogP contribution in [0.5, 0.6) is 0 Å². The number of benzene rings is 1. The van der Waals surface area contributed by atoms with E-state index in [-0.39, 0.29) is 0 Å². The Balaban J connectivity index is 2.47. The summed E-state index contributed by atoms with van der Waals surface area (Å²) in [7, 11) is 0. The van der Waals surface area contributed by atoms with E-state index in [1.165, 1.54) is 10.4 Å². The average Bonchev–Trinajstić information content (AvgIpc) is 2.09. The quantitative estimate of drug-likeness (QED) is 0.687. The predicted octanol–water partition coefficient (Wildman–Crippen LogP) is 4.18. The molecule has 1 aromatic carbocycles. The minimum Gasteiger partial charge on any atom is -0.122 e. The monoisotopic (exact) mass is 218 g/mol. The van der Waals surface area contributed by atoms with Crippen LogP contribution in [0.25, 0.3) is 0 Å². The van der Waals surface area contributed by atoms with Gasteiger partial charge in [-0.3, -0.25) is 0 Å². The Morgan fingerprint density at radius 3 is 2.50 bits per heavy atom. The first kappa shape index (κ1) is 9.97. The molecule has 0 aliphatic rings. The van der Waals surface area contributed by atoms with Gasteiger partial charge in [-0.2, -0.15) is 0 Å². The van der Waals surface area contributed by atoms with Gasteiger partial charge in [0.1, 0.15) is 0 Å². The third-order valence-electron chi connectivity index (χ3n) is 1.25. The van der Waals surface area contributed by atoms with Gasteiger partial charge in [-0.1, -0.05) is 29.3 Å². The van der Waals surface area contributed by atoms with Crippen LogP contribution in [-0.2, 0) is 0 Å². The Kier molecular flexibility index (Phi) is 4.59. The molecule has 0 amide bonds. The van der Waals surface area contributed by atoms with Gasteiger partial charge in [0.2, 0.25) is 0 Å². The summed E-state index contributed by atoms with van der Waals surface area (Å²) in [6, 6.07) is 7.76. The zero-order valence-electron chi connectivity index (χ0n) is 6.34. The Labute approximate surface area is 86.6 Å². The molecule has 0 spiro atoms. The van der Waals surface area contributed by atoms with Crippen LogP contribution in [-0.4, -0.2) is 5.75 Å². The van der Waals surface area contributed by atoms with Crippen LogP contribution in [0.1, 0.15) is 0 Å². The smallest absolute Gasteiger partial charge is 0.0406 e. The Morgan fingerprint density at radius 1 is 1.25 bits per heavy atom. The molecule has 0 aliphatic carbocycles. The van der Waals surface area contributed by atoms with E-state index in [1.54, 1.807) is 11.8 Å². The van der Waals surface area contributed by atoms with Gasteiger partial charge in [-0.25, -0.2) is 0 Å². The van der Waals surface area contributed by atoms with Crippen LogP contribution in [0, 0.1) is 0 Å². The maximum Gasteiger partial charge on any atom is 0.0406 e. The van der Waals surface area contributed by atoms with Gasteiger partial charge in [0.25, 0.3) is 0 Å². The molecule has 1 rings (SSSR count). The largest absolute Gasteiger partial charge is 0.122 e. The zero-order valence-corrected chi connectivity index (χ0v) is 8.66. The summed E-state index contributed by atoms with van der Waals surface area (Å²) in [5.74, 6) is 0.894. The van der Waals surface area contributed by atoms with E-state index >= 15 is 0 Å². The molecule has 0 heterocycles. The van der Waals surface area contributed by atoms with Crippen LogP contribution in [0.15, 0.2) is 40.8 Å².